The Hall–Kier alpha value is -2.42. The Morgan fingerprint density at radius 1 is 1.68 bits per heavy atom. The molecule has 1 N–H and O–H groups in total. The largest absolute Gasteiger partial charge is 0.476 e. The monoisotopic (exact) mass is 286 g/mol. The van der Waals surface area contributed by atoms with Gasteiger partial charge in [-0.2, -0.15) is 4.68 Å². The van der Waals surface area contributed by atoms with Crippen LogP contribution >= 0.6 is 11.6 Å². The first-order valence-electron chi connectivity index (χ1n) is 4.96. The Labute approximate surface area is 110 Å². The van der Waals surface area contributed by atoms with Gasteiger partial charge in [0.2, 0.25) is 0 Å². The van der Waals surface area contributed by atoms with Crippen molar-refractivity contribution in [3.8, 4) is 0 Å². The second kappa shape index (κ2) is 4.69. The maximum absolute atomic E-state index is 10.9. The molecule has 2 aromatic rings. The maximum atomic E-state index is 10.9. The molecule has 0 fully saturated rings. The van der Waals surface area contributed by atoms with Crippen LogP contribution in [0, 0.1) is 17.0 Å². The predicted octanol–water partition coefficient (Wildman–Crippen LogP) is 1.49. The Balaban J connectivity index is 2.36. The number of aromatic carboxylic acids is 1. The van der Waals surface area contributed by atoms with Crippen LogP contribution in [0.5, 0.6) is 0 Å². The molecule has 0 amide bonds. The number of hydrogen-bond acceptors (Lipinski definition) is 6. The number of carboxylic acids is 1. The van der Waals surface area contributed by atoms with Gasteiger partial charge in [-0.3, -0.25) is 0 Å². The van der Waals surface area contributed by atoms with Crippen molar-refractivity contribution < 1.29 is 19.3 Å². The lowest BCUT2D eigenvalue weighted by molar-refractivity contribution is -0.389. The van der Waals surface area contributed by atoms with Crippen molar-refractivity contribution in [3.05, 3.63) is 38.4 Å². The molecule has 0 aliphatic rings. The Morgan fingerprint density at radius 3 is 2.89 bits per heavy atom. The topological polar surface area (TPSA) is 124 Å². The average Bonchev–Trinajstić information content (AvgIpc) is 2.84. The lowest BCUT2D eigenvalue weighted by Crippen LogP contribution is -2.07. The number of hydrogen-bond donors (Lipinski definition) is 1. The van der Waals surface area contributed by atoms with Gasteiger partial charge < -0.3 is 19.7 Å². The van der Waals surface area contributed by atoms with Gasteiger partial charge in [0.15, 0.2) is 10.7 Å². The smallest absolute Gasteiger partial charge is 0.408 e. The second-order valence-electron chi connectivity index (χ2n) is 3.63. The van der Waals surface area contributed by atoms with Crippen molar-refractivity contribution in [2.75, 3.05) is 0 Å². The molecule has 9 nitrogen and oxygen atoms in total. The first-order chi connectivity index (χ1) is 8.90. The van der Waals surface area contributed by atoms with E-state index in [0.717, 1.165) is 4.68 Å². The van der Waals surface area contributed by atoms with Crippen LogP contribution in [-0.4, -0.2) is 30.9 Å². The Kier molecular flexibility index (Phi) is 3.21. The van der Waals surface area contributed by atoms with Gasteiger partial charge in [-0.1, -0.05) is 16.8 Å². The zero-order chi connectivity index (χ0) is 14.2. The van der Waals surface area contributed by atoms with Gasteiger partial charge in [-0.15, -0.1) is 0 Å². The summed E-state index contributed by atoms with van der Waals surface area (Å²) in [6.45, 7) is 1.50. The van der Waals surface area contributed by atoms with Crippen molar-refractivity contribution in [2.24, 2.45) is 0 Å². The quantitative estimate of drug-likeness (QED) is 0.666. The normalized spacial score (nSPS) is 10.6. The van der Waals surface area contributed by atoms with Gasteiger partial charge in [0.1, 0.15) is 5.76 Å². The molecule has 100 valence electrons. The fourth-order valence-corrected chi connectivity index (χ4v) is 1.72. The van der Waals surface area contributed by atoms with Gasteiger partial charge in [0.25, 0.3) is 0 Å². The summed E-state index contributed by atoms with van der Waals surface area (Å²) in [5, 5.41) is 26.4. The van der Waals surface area contributed by atoms with Crippen LogP contribution in [0.3, 0.4) is 0 Å². The van der Waals surface area contributed by atoms with E-state index in [-0.39, 0.29) is 22.8 Å². The molecule has 19 heavy (non-hydrogen) atoms. The van der Waals surface area contributed by atoms with Gasteiger partial charge in [-0.05, 0) is 11.8 Å². The molecule has 0 unspecified atom stereocenters. The van der Waals surface area contributed by atoms with E-state index in [1.807, 2.05) is 0 Å². The van der Waals surface area contributed by atoms with Crippen LogP contribution in [0.4, 0.5) is 5.82 Å². The Bertz CT molecular complexity index is 662. The minimum absolute atomic E-state index is 0.0372. The number of nitro groups is 1. The molecular weight excluding hydrogens is 280 g/mol. The summed E-state index contributed by atoms with van der Waals surface area (Å²) >= 11 is 5.64. The standard InChI is InChI=1S/C9H7ClN4O5/c1-4-5(7(9(15)16)12-19-4)2-13-3-6(10)8(11-13)14(17)18/h3H,2H2,1H3,(H,15,16). The average molecular weight is 287 g/mol. The molecule has 0 aromatic carbocycles. The summed E-state index contributed by atoms with van der Waals surface area (Å²) in [7, 11) is 0. The summed E-state index contributed by atoms with van der Waals surface area (Å²) in [6.07, 6.45) is 1.23. The van der Waals surface area contributed by atoms with Crippen molar-refractivity contribution in [3.63, 3.8) is 0 Å². The van der Waals surface area contributed by atoms with Crippen molar-refractivity contribution in [1.82, 2.24) is 14.9 Å². The number of aryl methyl sites for hydroxylation is 1. The van der Waals surface area contributed by atoms with Crippen LogP contribution in [0.15, 0.2) is 10.7 Å². The van der Waals surface area contributed by atoms with Gasteiger partial charge in [-0.25, -0.2) is 4.79 Å². The molecule has 2 aromatic heterocycles. The van der Waals surface area contributed by atoms with Crippen LogP contribution in [0.25, 0.3) is 0 Å². The van der Waals surface area contributed by atoms with E-state index in [1.165, 1.54) is 13.1 Å². The number of carbonyl (C=O) groups is 1. The zero-order valence-electron chi connectivity index (χ0n) is 9.53. The summed E-state index contributed by atoms with van der Waals surface area (Å²) in [5.41, 5.74) is 0.0216. The molecular formula is C9H7ClN4O5. The van der Waals surface area contributed by atoms with E-state index < -0.39 is 16.7 Å². The van der Waals surface area contributed by atoms with E-state index >= 15 is 0 Å². The SMILES string of the molecule is Cc1onc(C(=O)O)c1Cn1cc(Cl)c([N+](=O)[O-])n1. The fraction of sp³-hybridized carbons (Fsp3) is 0.222. The number of aromatic nitrogens is 3. The molecule has 2 rings (SSSR count). The third kappa shape index (κ3) is 2.40. The maximum Gasteiger partial charge on any atom is 0.408 e. The van der Waals surface area contributed by atoms with Crippen molar-refractivity contribution in [1.29, 1.82) is 0 Å². The van der Waals surface area contributed by atoms with E-state index in [4.69, 9.17) is 21.2 Å². The lowest BCUT2D eigenvalue weighted by atomic mass is 10.2. The van der Waals surface area contributed by atoms with Gasteiger partial charge in [0.05, 0.1) is 23.4 Å². The zero-order valence-corrected chi connectivity index (χ0v) is 10.3. The molecule has 10 heteroatoms. The summed E-state index contributed by atoms with van der Waals surface area (Å²) in [6, 6.07) is 0. The molecule has 0 atom stereocenters. The summed E-state index contributed by atoms with van der Waals surface area (Å²) < 4.78 is 5.93. The number of halogens is 1. The third-order valence-electron chi connectivity index (χ3n) is 2.38. The van der Waals surface area contributed by atoms with Crippen LogP contribution < -0.4 is 0 Å². The molecule has 0 aliphatic carbocycles. The molecule has 0 bridgehead atoms. The third-order valence-corrected chi connectivity index (χ3v) is 2.65. The number of nitrogens with zero attached hydrogens (tertiary/aromatic N) is 4. The molecule has 0 saturated carbocycles. The molecule has 0 saturated heterocycles. The highest BCUT2D eigenvalue weighted by Crippen LogP contribution is 2.23. The summed E-state index contributed by atoms with van der Waals surface area (Å²) in [4.78, 5) is 20.8. The van der Waals surface area contributed by atoms with Crippen LogP contribution in [-0.2, 0) is 6.54 Å². The molecule has 2 heterocycles. The lowest BCUT2D eigenvalue weighted by Gasteiger charge is -1.96. The fourth-order valence-electron chi connectivity index (χ4n) is 1.50. The van der Waals surface area contributed by atoms with E-state index in [1.54, 1.807) is 0 Å². The highest BCUT2D eigenvalue weighted by molar-refractivity contribution is 6.32. The van der Waals surface area contributed by atoms with E-state index in [2.05, 4.69) is 10.3 Å². The van der Waals surface area contributed by atoms with Crippen molar-refractivity contribution >= 4 is 23.4 Å². The number of rotatable bonds is 4. The predicted molar refractivity (Wildman–Crippen MR) is 61.2 cm³/mol. The van der Waals surface area contributed by atoms with Gasteiger partial charge >= 0.3 is 11.8 Å². The van der Waals surface area contributed by atoms with Crippen LogP contribution in [0.2, 0.25) is 5.02 Å². The van der Waals surface area contributed by atoms with E-state index in [9.17, 15) is 14.9 Å². The first-order valence-corrected chi connectivity index (χ1v) is 5.33. The molecule has 0 spiro atoms. The van der Waals surface area contributed by atoms with Crippen molar-refractivity contribution in [2.45, 2.75) is 13.5 Å². The molecule has 0 aliphatic heterocycles. The molecule has 0 radical (unpaired) electrons. The number of carboxylic acid groups (broad SMARTS) is 1. The van der Waals surface area contributed by atoms with Gasteiger partial charge in [0, 0.05) is 0 Å². The van der Waals surface area contributed by atoms with Crippen LogP contribution in [0.1, 0.15) is 21.8 Å². The second-order valence-corrected chi connectivity index (χ2v) is 4.03. The minimum atomic E-state index is -1.25. The van der Waals surface area contributed by atoms with E-state index in [0.29, 0.717) is 5.76 Å². The highest BCUT2D eigenvalue weighted by Gasteiger charge is 2.24. The first kappa shape index (κ1) is 13.0. The highest BCUT2D eigenvalue weighted by atomic mass is 35.5. The Morgan fingerprint density at radius 2 is 2.37 bits per heavy atom. The summed E-state index contributed by atoms with van der Waals surface area (Å²) in [5.74, 6) is -1.45. The minimum Gasteiger partial charge on any atom is -0.476 e.